The monoisotopic (exact) mass is 181 g/mol. The second-order valence-corrected chi connectivity index (χ2v) is 3.65. The van der Waals surface area contributed by atoms with Crippen LogP contribution in [0.2, 0.25) is 0 Å². The molecular weight excluding hydrogens is 168 g/mol. The Labute approximate surface area is 76.5 Å². The Bertz CT molecular complexity index is 245. The minimum Gasteiger partial charge on any atom is -0.240 e. The molecule has 1 aliphatic rings. The molecule has 1 saturated carbocycles. The third kappa shape index (κ3) is 2.48. The summed E-state index contributed by atoms with van der Waals surface area (Å²) in [5.74, 6) is 1.27. The zero-order valence-electron chi connectivity index (χ0n) is 7.44. The zero-order chi connectivity index (χ0) is 9.10. The van der Waals surface area contributed by atoms with Crippen molar-refractivity contribution in [2.24, 2.45) is 5.92 Å². The molecular formula is C8H13N4O. The van der Waals surface area contributed by atoms with Gasteiger partial charge in [0.1, 0.15) is 0 Å². The molecule has 1 aromatic heterocycles. The van der Waals surface area contributed by atoms with Crippen molar-refractivity contribution in [1.82, 2.24) is 20.6 Å². The Hall–Kier alpha value is -0.970. The first-order chi connectivity index (χ1) is 6.36. The first-order valence-electron chi connectivity index (χ1n) is 4.75. The van der Waals surface area contributed by atoms with Crippen molar-refractivity contribution < 1.29 is 5.11 Å². The first-order valence-corrected chi connectivity index (χ1v) is 4.75. The highest BCUT2D eigenvalue weighted by Crippen LogP contribution is 2.34. The van der Waals surface area contributed by atoms with E-state index in [0.717, 1.165) is 12.3 Å². The molecule has 0 saturated heterocycles. The smallest absolute Gasteiger partial charge is 0.181 e. The van der Waals surface area contributed by atoms with E-state index in [0.29, 0.717) is 12.2 Å². The van der Waals surface area contributed by atoms with Crippen LogP contribution < -0.4 is 0 Å². The molecule has 1 fully saturated rings. The van der Waals surface area contributed by atoms with Crippen molar-refractivity contribution in [3.8, 4) is 0 Å². The van der Waals surface area contributed by atoms with Crippen LogP contribution in [0.15, 0.2) is 0 Å². The van der Waals surface area contributed by atoms with Crippen molar-refractivity contribution in [1.29, 1.82) is 0 Å². The molecule has 5 heteroatoms. The molecule has 1 aromatic rings. The molecule has 1 aliphatic carbocycles. The molecule has 0 spiro atoms. The summed E-state index contributed by atoms with van der Waals surface area (Å²) in [6, 6.07) is 0. The number of hydrogen-bond donors (Lipinski definition) is 1. The van der Waals surface area contributed by atoms with Gasteiger partial charge in [0.05, 0.1) is 0 Å². The number of aromatic amines is 1. The number of hydrogen-bond acceptors (Lipinski definition) is 3. The summed E-state index contributed by atoms with van der Waals surface area (Å²) in [5.41, 5.74) is 0. The van der Waals surface area contributed by atoms with E-state index in [9.17, 15) is 5.11 Å². The molecule has 71 valence electrons. The maximum absolute atomic E-state index is 11.4. The van der Waals surface area contributed by atoms with Crippen molar-refractivity contribution >= 4 is 0 Å². The summed E-state index contributed by atoms with van der Waals surface area (Å²) in [6.07, 6.45) is 4.78. The van der Waals surface area contributed by atoms with Gasteiger partial charge in [-0.2, -0.15) is 0 Å². The van der Waals surface area contributed by atoms with Gasteiger partial charge in [0.25, 0.3) is 0 Å². The van der Waals surface area contributed by atoms with E-state index in [-0.39, 0.29) is 0 Å². The number of rotatable bonds is 5. The van der Waals surface area contributed by atoms with E-state index in [1.54, 1.807) is 0 Å². The summed E-state index contributed by atoms with van der Waals surface area (Å²) in [5, 5.41) is 24.3. The fourth-order valence-corrected chi connectivity index (χ4v) is 1.44. The van der Waals surface area contributed by atoms with Gasteiger partial charge in [-0.1, -0.05) is 19.3 Å². The topological polar surface area (TPSA) is 74.4 Å². The first kappa shape index (κ1) is 8.62. The molecule has 5 nitrogen and oxygen atoms in total. The minimum atomic E-state index is -0.770. The second-order valence-electron chi connectivity index (χ2n) is 3.65. The van der Waals surface area contributed by atoms with Crippen LogP contribution in [0.5, 0.6) is 0 Å². The van der Waals surface area contributed by atoms with Crippen LogP contribution in [0.4, 0.5) is 0 Å². The summed E-state index contributed by atoms with van der Waals surface area (Å²) in [4.78, 5) is 0. The molecule has 0 aromatic carbocycles. The van der Waals surface area contributed by atoms with E-state index < -0.39 is 6.10 Å². The van der Waals surface area contributed by atoms with Crippen LogP contribution in [0.1, 0.15) is 44.0 Å². The molecule has 1 N–H and O–H groups in total. The van der Waals surface area contributed by atoms with E-state index in [4.69, 9.17) is 0 Å². The SMILES string of the molecule is [O]C(CCCC1CC1)c1nnn[nH]1. The number of nitrogens with zero attached hydrogens (tertiary/aromatic N) is 3. The van der Waals surface area contributed by atoms with Gasteiger partial charge in [0.2, 0.25) is 0 Å². The highest BCUT2D eigenvalue weighted by atomic mass is 16.3. The molecule has 13 heavy (non-hydrogen) atoms. The van der Waals surface area contributed by atoms with E-state index in [1.165, 1.54) is 19.3 Å². The lowest BCUT2D eigenvalue weighted by Crippen LogP contribution is -1.98. The molecule has 0 amide bonds. The van der Waals surface area contributed by atoms with Crippen molar-refractivity contribution in [2.75, 3.05) is 0 Å². The Morgan fingerprint density at radius 3 is 3.00 bits per heavy atom. The van der Waals surface area contributed by atoms with Gasteiger partial charge in [-0.25, -0.2) is 10.2 Å². The number of tetrazole rings is 1. The predicted molar refractivity (Wildman–Crippen MR) is 44.2 cm³/mol. The normalized spacial score (nSPS) is 18.8. The third-order valence-corrected chi connectivity index (χ3v) is 2.44. The largest absolute Gasteiger partial charge is 0.240 e. The van der Waals surface area contributed by atoms with Gasteiger partial charge in [0, 0.05) is 0 Å². The van der Waals surface area contributed by atoms with E-state index in [2.05, 4.69) is 20.6 Å². The van der Waals surface area contributed by atoms with Crippen LogP contribution >= 0.6 is 0 Å². The minimum absolute atomic E-state index is 0.371. The molecule has 1 heterocycles. The van der Waals surface area contributed by atoms with Gasteiger partial charge in [-0.3, -0.25) is 0 Å². The van der Waals surface area contributed by atoms with Crippen molar-refractivity contribution in [3.05, 3.63) is 5.82 Å². The molecule has 1 unspecified atom stereocenters. The van der Waals surface area contributed by atoms with Crippen molar-refractivity contribution in [3.63, 3.8) is 0 Å². The fraction of sp³-hybridized carbons (Fsp3) is 0.875. The average Bonchev–Trinajstić information content (AvgIpc) is 2.80. The zero-order valence-corrected chi connectivity index (χ0v) is 7.44. The predicted octanol–water partition coefficient (Wildman–Crippen LogP) is 1.25. The fourth-order valence-electron chi connectivity index (χ4n) is 1.44. The van der Waals surface area contributed by atoms with Gasteiger partial charge in [0.15, 0.2) is 11.9 Å². The van der Waals surface area contributed by atoms with Crippen LogP contribution in [-0.4, -0.2) is 20.6 Å². The third-order valence-electron chi connectivity index (χ3n) is 2.44. The van der Waals surface area contributed by atoms with Crippen LogP contribution in [0, 0.1) is 5.92 Å². The van der Waals surface area contributed by atoms with E-state index in [1.807, 2.05) is 0 Å². The van der Waals surface area contributed by atoms with E-state index >= 15 is 0 Å². The van der Waals surface area contributed by atoms with Crippen LogP contribution in [0.3, 0.4) is 0 Å². The summed E-state index contributed by atoms with van der Waals surface area (Å²) in [6.45, 7) is 0. The summed E-state index contributed by atoms with van der Waals surface area (Å²) < 4.78 is 0. The second kappa shape index (κ2) is 3.83. The van der Waals surface area contributed by atoms with Gasteiger partial charge >= 0.3 is 0 Å². The molecule has 1 atom stereocenters. The Balaban J connectivity index is 1.68. The van der Waals surface area contributed by atoms with Gasteiger partial charge in [-0.15, -0.1) is 5.10 Å². The molecule has 0 bridgehead atoms. The molecule has 0 aliphatic heterocycles. The Morgan fingerprint density at radius 2 is 2.38 bits per heavy atom. The molecule has 1 radical (unpaired) electrons. The standard InChI is InChI=1S/C8H13N4O/c13-7(8-9-11-12-10-8)3-1-2-6-4-5-6/h6-7H,1-5H2,(H,9,10,11,12). The van der Waals surface area contributed by atoms with Gasteiger partial charge < -0.3 is 0 Å². The maximum atomic E-state index is 11.4. The number of nitrogens with one attached hydrogen (secondary N) is 1. The lowest BCUT2D eigenvalue weighted by atomic mass is 10.1. The highest BCUT2D eigenvalue weighted by molar-refractivity contribution is 4.83. The lowest BCUT2D eigenvalue weighted by Gasteiger charge is -2.02. The van der Waals surface area contributed by atoms with Crippen molar-refractivity contribution in [2.45, 2.75) is 38.2 Å². The quantitative estimate of drug-likeness (QED) is 0.742. The summed E-state index contributed by atoms with van der Waals surface area (Å²) in [7, 11) is 0. The van der Waals surface area contributed by atoms with Crippen LogP contribution in [0.25, 0.3) is 0 Å². The maximum Gasteiger partial charge on any atom is 0.181 e. The number of H-pyrrole nitrogens is 1. The van der Waals surface area contributed by atoms with Gasteiger partial charge in [-0.05, 0) is 29.2 Å². The lowest BCUT2D eigenvalue weighted by molar-refractivity contribution is 0.0707. The summed E-state index contributed by atoms with van der Waals surface area (Å²) >= 11 is 0. The Kier molecular flexibility index (Phi) is 2.54. The highest BCUT2D eigenvalue weighted by Gasteiger charge is 2.21. The Morgan fingerprint density at radius 1 is 1.54 bits per heavy atom. The molecule has 2 rings (SSSR count). The van der Waals surface area contributed by atoms with Crippen LogP contribution in [-0.2, 0) is 5.11 Å². The average molecular weight is 181 g/mol. The number of aromatic nitrogens is 4.